The average Bonchev–Trinajstić information content (AvgIpc) is 2.46. The van der Waals surface area contributed by atoms with Gasteiger partial charge in [-0.2, -0.15) is 0 Å². The minimum atomic E-state index is -3.66. The second-order valence-electron chi connectivity index (χ2n) is 4.56. The molecule has 1 unspecified atom stereocenters. The van der Waals surface area contributed by atoms with E-state index in [4.69, 9.17) is 9.47 Å². The highest BCUT2D eigenvalue weighted by atomic mass is 19.3. The molecule has 0 aromatic heterocycles. The number of hydrogen-bond acceptors (Lipinski definition) is 2. The molecule has 1 aromatic rings. The maximum atomic E-state index is 13.6. The third-order valence-electron chi connectivity index (χ3n) is 3.16. The second-order valence-corrected chi connectivity index (χ2v) is 4.56. The molecule has 1 fully saturated rings. The Kier molecular flexibility index (Phi) is 5.10. The average molecular weight is 314 g/mol. The number of benzene rings is 1. The van der Waals surface area contributed by atoms with Crippen LogP contribution in [-0.4, -0.2) is 12.9 Å². The molecule has 1 aliphatic heterocycles. The van der Waals surface area contributed by atoms with Crippen LogP contribution in [0.15, 0.2) is 0 Å². The predicted molar refractivity (Wildman–Crippen MR) is 59.6 cm³/mol. The highest BCUT2D eigenvalue weighted by Crippen LogP contribution is 2.31. The zero-order valence-corrected chi connectivity index (χ0v) is 10.8. The molecule has 1 saturated heterocycles. The Labute approximate surface area is 116 Å². The van der Waals surface area contributed by atoms with Crippen molar-refractivity contribution in [3.8, 4) is 0 Å². The maximum Gasteiger partial charge on any atom is 0.269 e. The minimum absolute atomic E-state index is 0.405. The fraction of sp³-hybridized carbons (Fsp3) is 0.538. The first-order valence-electron chi connectivity index (χ1n) is 6.29. The van der Waals surface area contributed by atoms with Gasteiger partial charge in [0.05, 0.1) is 17.7 Å². The normalized spacial score (nSPS) is 19.3. The predicted octanol–water partition coefficient (Wildman–Crippen LogP) is 4.22. The topological polar surface area (TPSA) is 18.5 Å². The molecule has 2 nitrogen and oxygen atoms in total. The first-order valence-corrected chi connectivity index (χ1v) is 6.29. The van der Waals surface area contributed by atoms with E-state index >= 15 is 0 Å². The molecule has 0 amide bonds. The molecule has 0 bridgehead atoms. The standard InChI is InChI=1S/C13H12F6O2/c14-9-6(5-21-7-3-1-2-4-20-7)10(15)12(17)8(11(9)16)13(18)19/h7,13H,1-5H2. The monoisotopic (exact) mass is 314 g/mol. The van der Waals surface area contributed by atoms with Crippen LogP contribution in [0.25, 0.3) is 0 Å². The molecule has 118 valence electrons. The van der Waals surface area contributed by atoms with Gasteiger partial charge in [0.2, 0.25) is 0 Å². The van der Waals surface area contributed by atoms with Crippen molar-refractivity contribution in [3.05, 3.63) is 34.4 Å². The van der Waals surface area contributed by atoms with Crippen LogP contribution < -0.4 is 0 Å². The summed E-state index contributed by atoms with van der Waals surface area (Å²) >= 11 is 0. The molecular weight excluding hydrogens is 302 g/mol. The van der Waals surface area contributed by atoms with Gasteiger partial charge in [0.25, 0.3) is 6.43 Å². The van der Waals surface area contributed by atoms with Crippen molar-refractivity contribution in [2.75, 3.05) is 6.61 Å². The second kappa shape index (κ2) is 6.65. The van der Waals surface area contributed by atoms with Gasteiger partial charge < -0.3 is 9.47 Å². The Morgan fingerprint density at radius 3 is 2.10 bits per heavy atom. The van der Waals surface area contributed by atoms with Crippen LogP contribution in [0.1, 0.15) is 36.8 Å². The fourth-order valence-electron chi connectivity index (χ4n) is 2.03. The number of halogens is 6. The van der Waals surface area contributed by atoms with E-state index in [9.17, 15) is 26.3 Å². The van der Waals surface area contributed by atoms with Crippen LogP contribution in [0, 0.1) is 23.3 Å². The lowest BCUT2D eigenvalue weighted by atomic mass is 10.1. The van der Waals surface area contributed by atoms with Crippen LogP contribution in [-0.2, 0) is 16.1 Å². The summed E-state index contributed by atoms with van der Waals surface area (Å²) in [6.45, 7) is -0.400. The molecule has 0 N–H and O–H groups in total. The molecule has 1 aliphatic rings. The van der Waals surface area contributed by atoms with Crippen molar-refractivity contribution in [2.45, 2.75) is 38.6 Å². The van der Waals surface area contributed by atoms with Gasteiger partial charge in [-0.15, -0.1) is 0 Å². The molecule has 1 heterocycles. The Morgan fingerprint density at radius 1 is 1.00 bits per heavy atom. The molecule has 0 radical (unpaired) electrons. The lowest BCUT2D eigenvalue weighted by molar-refractivity contribution is -0.169. The Hall–Kier alpha value is -1.28. The number of alkyl halides is 2. The minimum Gasteiger partial charge on any atom is -0.353 e. The Balaban J connectivity index is 2.23. The third kappa shape index (κ3) is 3.32. The molecule has 21 heavy (non-hydrogen) atoms. The highest BCUT2D eigenvalue weighted by Gasteiger charge is 2.30. The van der Waals surface area contributed by atoms with Gasteiger partial charge >= 0.3 is 0 Å². The summed E-state index contributed by atoms with van der Waals surface area (Å²) in [7, 11) is 0. The van der Waals surface area contributed by atoms with Crippen molar-refractivity contribution < 1.29 is 35.8 Å². The maximum absolute atomic E-state index is 13.6. The molecule has 0 spiro atoms. The van der Waals surface area contributed by atoms with Crippen LogP contribution in [0.3, 0.4) is 0 Å². The van der Waals surface area contributed by atoms with Gasteiger partial charge in [-0.1, -0.05) is 0 Å². The van der Waals surface area contributed by atoms with E-state index in [-0.39, 0.29) is 0 Å². The first kappa shape index (κ1) is 16.1. The van der Waals surface area contributed by atoms with Crippen LogP contribution in [0.5, 0.6) is 0 Å². The van der Waals surface area contributed by atoms with E-state index in [1.54, 1.807) is 0 Å². The molecular formula is C13H12F6O2. The van der Waals surface area contributed by atoms with Gasteiger partial charge in [0, 0.05) is 6.61 Å². The smallest absolute Gasteiger partial charge is 0.269 e. The number of ether oxygens (including phenoxy) is 2. The number of hydrogen-bond donors (Lipinski definition) is 0. The van der Waals surface area contributed by atoms with Gasteiger partial charge in [0.1, 0.15) is 0 Å². The molecule has 1 atom stereocenters. The first-order chi connectivity index (χ1) is 9.93. The quantitative estimate of drug-likeness (QED) is 0.612. The Bertz CT molecular complexity index is 485. The molecule has 2 rings (SSSR count). The summed E-state index contributed by atoms with van der Waals surface area (Å²) in [4.78, 5) is 0. The fourth-order valence-corrected chi connectivity index (χ4v) is 2.03. The zero-order valence-electron chi connectivity index (χ0n) is 10.8. The Morgan fingerprint density at radius 2 is 1.62 bits per heavy atom. The van der Waals surface area contributed by atoms with E-state index in [0.717, 1.165) is 12.8 Å². The van der Waals surface area contributed by atoms with Crippen molar-refractivity contribution in [2.24, 2.45) is 0 Å². The van der Waals surface area contributed by atoms with Crippen LogP contribution in [0.2, 0.25) is 0 Å². The van der Waals surface area contributed by atoms with E-state index < -0.39 is 53.7 Å². The molecule has 0 aliphatic carbocycles. The summed E-state index contributed by atoms with van der Waals surface area (Å²) in [6.07, 6.45) is -2.33. The zero-order chi connectivity index (χ0) is 15.6. The van der Waals surface area contributed by atoms with Crippen molar-refractivity contribution in [3.63, 3.8) is 0 Å². The molecule has 8 heteroatoms. The van der Waals surface area contributed by atoms with Crippen LogP contribution in [0.4, 0.5) is 26.3 Å². The van der Waals surface area contributed by atoms with Gasteiger partial charge in [-0.05, 0) is 19.3 Å². The summed E-state index contributed by atoms with van der Waals surface area (Å²) in [5.74, 6) is -7.96. The van der Waals surface area contributed by atoms with Gasteiger partial charge in [0.15, 0.2) is 29.6 Å². The van der Waals surface area contributed by atoms with Crippen molar-refractivity contribution in [1.29, 1.82) is 0 Å². The van der Waals surface area contributed by atoms with E-state index in [2.05, 4.69) is 0 Å². The lowest BCUT2D eigenvalue weighted by Gasteiger charge is -2.23. The van der Waals surface area contributed by atoms with Gasteiger partial charge in [-0.3, -0.25) is 0 Å². The molecule has 1 aromatic carbocycles. The summed E-state index contributed by atoms with van der Waals surface area (Å²) in [6, 6.07) is 0. The van der Waals surface area contributed by atoms with Gasteiger partial charge in [-0.25, -0.2) is 26.3 Å². The lowest BCUT2D eigenvalue weighted by Crippen LogP contribution is -2.23. The third-order valence-corrected chi connectivity index (χ3v) is 3.16. The van der Waals surface area contributed by atoms with Crippen LogP contribution >= 0.6 is 0 Å². The van der Waals surface area contributed by atoms with E-state index in [1.807, 2.05) is 0 Å². The highest BCUT2D eigenvalue weighted by molar-refractivity contribution is 5.30. The number of rotatable bonds is 4. The van der Waals surface area contributed by atoms with Crippen molar-refractivity contribution in [1.82, 2.24) is 0 Å². The SMILES string of the molecule is Fc1c(F)c(C(F)F)c(F)c(F)c1COC1CCCCO1. The van der Waals surface area contributed by atoms with E-state index in [0.29, 0.717) is 13.0 Å². The summed E-state index contributed by atoms with van der Waals surface area (Å²) in [5, 5.41) is 0. The van der Waals surface area contributed by atoms with Crippen molar-refractivity contribution >= 4 is 0 Å². The largest absolute Gasteiger partial charge is 0.353 e. The summed E-state index contributed by atoms with van der Waals surface area (Å²) < 4.78 is 88.8. The summed E-state index contributed by atoms with van der Waals surface area (Å²) in [5.41, 5.74) is -2.98. The molecule has 0 saturated carbocycles. The van der Waals surface area contributed by atoms with E-state index in [1.165, 1.54) is 0 Å².